The summed E-state index contributed by atoms with van der Waals surface area (Å²) in [6.45, 7) is 8.10. The van der Waals surface area contributed by atoms with Crippen molar-refractivity contribution in [3.8, 4) is 17.2 Å². The molecule has 178 valence electrons. The average molecular weight is 491 g/mol. The summed E-state index contributed by atoms with van der Waals surface area (Å²) < 4.78 is 31.8. The third-order valence-corrected chi connectivity index (χ3v) is 8.17. The number of hydrogen-bond donors (Lipinski definition) is 3. The number of nitrogens with zero attached hydrogens (tertiary/aromatic N) is 3. The number of sulfonamides is 1. The van der Waals surface area contributed by atoms with Gasteiger partial charge < -0.3 is 16.0 Å². The molecule has 2 aromatic rings. The van der Waals surface area contributed by atoms with Crippen molar-refractivity contribution in [2.24, 2.45) is 5.92 Å². The van der Waals surface area contributed by atoms with Crippen molar-refractivity contribution >= 4 is 32.5 Å². The standard InChI is InChI=1S/C22H30N6O3S2/c1-15(2)14-19(21(29)25-9-8-23)26-22-20(16(3)27-32-22)17-4-6-18(7-5-17)33(30,31)28-12-10-24-11-13-28/h4-7,15,19,24,26H,9-14H2,1-3H3,(H,25,29)/t19-/m0/s1. The number of aryl methyl sites for hydroxylation is 1. The molecule has 3 N–H and O–H groups in total. The molecule has 1 aliphatic rings. The zero-order valence-electron chi connectivity index (χ0n) is 19.1. The highest BCUT2D eigenvalue weighted by Crippen LogP contribution is 2.36. The van der Waals surface area contributed by atoms with E-state index in [9.17, 15) is 13.2 Å². The molecule has 0 radical (unpaired) electrons. The Morgan fingerprint density at radius 1 is 1.27 bits per heavy atom. The van der Waals surface area contributed by atoms with Gasteiger partial charge in [-0.15, -0.1) is 0 Å². The van der Waals surface area contributed by atoms with Gasteiger partial charge in [-0.05, 0) is 48.5 Å². The number of aromatic nitrogens is 1. The Labute approximate surface area is 199 Å². The number of nitriles is 1. The molecular formula is C22H30N6O3S2. The van der Waals surface area contributed by atoms with Gasteiger partial charge in [0.2, 0.25) is 15.9 Å². The average Bonchev–Trinajstić information content (AvgIpc) is 3.17. The van der Waals surface area contributed by atoms with E-state index in [-0.39, 0.29) is 23.3 Å². The van der Waals surface area contributed by atoms with Gasteiger partial charge in [-0.1, -0.05) is 26.0 Å². The molecule has 0 spiro atoms. The van der Waals surface area contributed by atoms with Crippen molar-refractivity contribution in [1.29, 1.82) is 5.26 Å². The first-order chi connectivity index (χ1) is 15.7. The zero-order chi connectivity index (χ0) is 24.0. The molecule has 0 saturated carbocycles. The Morgan fingerprint density at radius 3 is 2.55 bits per heavy atom. The van der Waals surface area contributed by atoms with Crippen molar-refractivity contribution in [1.82, 2.24) is 19.3 Å². The van der Waals surface area contributed by atoms with Gasteiger partial charge in [0.05, 0.1) is 16.7 Å². The molecule has 11 heteroatoms. The highest BCUT2D eigenvalue weighted by atomic mass is 32.2. The molecule has 1 amide bonds. The normalized spacial score (nSPS) is 15.7. The second-order valence-electron chi connectivity index (χ2n) is 8.35. The van der Waals surface area contributed by atoms with Crippen LogP contribution in [0.5, 0.6) is 0 Å². The number of hydrogen-bond acceptors (Lipinski definition) is 8. The van der Waals surface area contributed by atoms with E-state index in [2.05, 4.69) is 20.3 Å². The number of anilines is 1. The molecule has 1 saturated heterocycles. The molecule has 2 heterocycles. The summed E-state index contributed by atoms with van der Waals surface area (Å²) in [4.78, 5) is 12.8. The Hall–Kier alpha value is -2.52. The molecule has 1 atom stereocenters. The topological polar surface area (TPSA) is 127 Å². The van der Waals surface area contributed by atoms with Crippen LogP contribution in [0.3, 0.4) is 0 Å². The molecule has 1 aromatic heterocycles. The maximum absolute atomic E-state index is 12.9. The number of nitrogens with one attached hydrogen (secondary N) is 3. The predicted octanol–water partition coefficient (Wildman–Crippen LogP) is 2.18. The first kappa shape index (κ1) is 25.1. The Morgan fingerprint density at radius 2 is 1.94 bits per heavy atom. The number of carbonyl (C=O) groups excluding carboxylic acids is 1. The SMILES string of the molecule is Cc1nsc(N[C@@H](CC(C)C)C(=O)NCC#N)c1-c1ccc(S(=O)(=O)N2CCNCC2)cc1. The van der Waals surface area contributed by atoms with Crippen molar-refractivity contribution in [2.45, 2.75) is 38.1 Å². The minimum absolute atomic E-state index is 0.0489. The minimum atomic E-state index is -3.54. The first-order valence-corrected chi connectivity index (χ1v) is 13.1. The van der Waals surface area contributed by atoms with Crippen LogP contribution in [0, 0.1) is 24.2 Å². The summed E-state index contributed by atoms with van der Waals surface area (Å²) in [5, 5.41) is 18.6. The van der Waals surface area contributed by atoms with Crippen LogP contribution in [0.1, 0.15) is 26.0 Å². The van der Waals surface area contributed by atoms with E-state index in [4.69, 9.17) is 5.26 Å². The summed E-state index contributed by atoms with van der Waals surface area (Å²) >= 11 is 1.26. The van der Waals surface area contributed by atoms with E-state index in [1.807, 2.05) is 26.8 Å². The fourth-order valence-electron chi connectivity index (χ4n) is 3.75. The van der Waals surface area contributed by atoms with E-state index >= 15 is 0 Å². The van der Waals surface area contributed by atoms with Crippen LogP contribution in [-0.2, 0) is 14.8 Å². The quantitative estimate of drug-likeness (QED) is 0.460. The summed E-state index contributed by atoms with van der Waals surface area (Å²) in [5.74, 6) is 0.0296. The highest BCUT2D eigenvalue weighted by molar-refractivity contribution is 7.89. The van der Waals surface area contributed by atoms with Crippen LogP contribution in [0.2, 0.25) is 0 Å². The number of benzene rings is 1. The molecule has 0 aliphatic carbocycles. The second kappa shape index (κ2) is 11.1. The maximum atomic E-state index is 12.9. The van der Waals surface area contributed by atoms with Crippen LogP contribution in [0.4, 0.5) is 5.00 Å². The zero-order valence-corrected chi connectivity index (χ0v) is 20.7. The minimum Gasteiger partial charge on any atom is -0.364 e. The summed E-state index contributed by atoms with van der Waals surface area (Å²) in [6.07, 6.45) is 0.593. The first-order valence-electron chi connectivity index (χ1n) is 10.9. The molecule has 0 unspecified atom stereocenters. The summed E-state index contributed by atoms with van der Waals surface area (Å²) in [7, 11) is -3.54. The fraction of sp³-hybridized carbons (Fsp3) is 0.500. The molecule has 33 heavy (non-hydrogen) atoms. The second-order valence-corrected chi connectivity index (χ2v) is 11.1. The third kappa shape index (κ3) is 6.09. The van der Waals surface area contributed by atoms with Crippen molar-refractivity contribution in [2.75, 3.05) is 38.0 Å². The van der Waals surface area contributed by atoms with Gasteiger partial charge in [0.25, 0.3) is 0 Å². The van der Waals surface area contributed by atoms with Gasteiger partial charge in [0.1, 0.15) is 17.6 Å². The van der Waals surface area contributed by atoms with Gasteiger partial charge in [0.15, 0.2) is 0 Å². The van der Waals surface area contributed by atoms with Crippen LogP contribution >= 0.6 is 11.5 Å². The van der Waals surface area contributed by atoms with Crippen LogP contribution in [0.15, 0.2) is 29.2 Å². The molecule has 0 bridgehead atoms. The molecule has 1 aromatic carbocycles. The van der Waals surface area contributed by atoms with Gasteiger partial charge in [-0.25, -0.2) is 8.42 Å². The summed E-state index contributed by atoms with van der Waals surface area (Å²) in [5.41, 5.74) is 2.46. The summed E-state index contributed by atoms with van der Waals surface area (Å²) in [6, 6.07) is 8.23. The third-order valence-electron chi connectivity index (χ3n) is 5.39. The van der Waals surface area contributed by atoms with E-state index in [0.29, 0.717) is 32.6 Å². The van der Waals surface area contributed by atoms with Crippen molar-refractivity contribution in [3.63, 3.8) is 0 Å². The van der Waals surface area contributed by atoms with E-state index in [1.54, 1.807) is 24.3 Å². The Bertz CT molecular complexity index is 1100. The lowest BCUT2D eigenvalue weighted by Crippen LogP contribution is -2.46. The lowest BCUT2D eigenvalue weighted by atomic mass is 10.0. The number of amides is 1. The van der Waals surface area contributed by atoms with Gasteiger partial charge in [-0.2, -0.15) is 13.9 Å². The number of piperazine rings is 1. The number of rotatable bonds is 9. The van der Waals surface area contributed by atoms with E-state index in [0.717, 1.165) is 21.8 Å². The smallest absolute Gasteiger partial charge is 0.243 e. The maximum Gasteiger partial charge on any atom is 0.243 e. The van der Waals surface area contributed by atoms with Gasteiger partial charge in [-0.3, -0.25) is 4.79 Å². The van der Waals surface area contributed by atoms with Gasteiger partial charge >= 0.3 is 0 Å². The highest BCUT2D eigenvalue weighted by Gasteiger charge is 2.27. The number of carbonyl (C=O) groups is 1. The lowest BCUT2D eigenvalue weighted by Gasteiger charge is -2.26. The molecular weight excluding hydrogens is 460 g/mol. The Balaban J connectivity index is 1.85. The van der Waals surface area contributed by atoms with E-state index in [1.165, 1.54) is 15.8 Å². The van der Waals surface area contributed by atoms with E-state index < -0.39 is 16.1 Å². The predicted molar refractivity (Wildman–Crippen MR) is 129 cm³/mol. The van der Waals surface area contributed by atoms with Crippen LogP contribution in [0.25, 0.3) is 11.1 Å². The van der Waals surface area contributed by atoms with Crippen LogP contribution in [-0.4, -0.2) is 61.8 Å². The lowest BCUT2D eigenvalue weighted by molar-refractivity contribution is -0.121. The monoisotopic (exact) mass is 490 g/mol. The van der Waals surface area contributed by atoms with Crippen molar-refractivity contribution < 1.29 is 13.2 Å². The molecule has 9 nitrogen and oxygen atoms in total. The Kier molecular flexibility index (Phi) is 8.42. The van der Waals surface area contributed by atoms with Crippen molar-refractivity contribution in [3.05, 3.63) is 30.0 Å². The van der Waals surface area contributed by atoms with Gasteiger partial charge in [0, 0.05) is 31.7 Å². The molecule has 1 fully saturated rings. The molecule has 1 aliphatic heterocycles. The van der Waals surface area contributed by atoms with Crippen LogP contribution < -0.4 is 16.0 Å². The molecule has 3 rings (SSSR count). The fourth-order valence-corrected chi connectivity index (χ4v) is 6.06. The largest absolute Gasteiger partial charge is 0.364 e.